The number of unbranched alkanes of at least 4 members (excludes halogenated alkanes) is 1. The molecule has 4 aliphatic rings. The highest BCUT2D eigenvalue weighted by atomic mass is 32.3. The predicted octanol–water partition coefficient (Wildman–Crippen LogP) is 4.20. The highest BCUT2D eigenvalue weighted by Crippen LogP contribution is 2.67. The van der Waals surface area contributed by atoms with Gasteiger partial charge in [0.05, 0.1) is 6.10 Å². The van der Waals surface area contributed by atoms with Crippen molar-refractivity contribution < 1.29 is 21.9 Å². The Kier molecular flexibility index (Phi) is 11.9. The van der Waals surface area contributed by atoms with Gasteiger partial charge in [0.15, 0.2) is 0 Å². The third-order valence-corrected chi connectivity index (χ3v) is 12.3. The van der Waals surface area contributed by atoms with Gasteiger partial charge < -0.3 is 21.7 Å². The maximum atomic E-state index is 13.3. The van der Waals surface area contributed by atoms with Crippen LogP contribution in [0.25, 0.3) is 0 Å². The minimum Gasteiger partial charge on any atom is -0.356 e. The zero-order chi connectivity index (χ0) is 30.4. The largest absolute Gasteiger partial charge is 0.397 e. The van der Waals surface area contributed by atoms with Gasteiger partial charge in [0.2, 0.25) is 5.91 Å². The van der Waals surface area contributed by atoms with E-state index in [4.69, 9.17) is 9.92 Å². The molecule has 42 heavy (non-hydrogen) atoms. The highest BCUT2D eigenvalue weighted by molar-refractivity contribution is 7.80. The molecule has 0 aliphatic heterocycles. The molecule has 0 bridgehead atoms. The van der Waals surface area contributed by atoms with Crippen molar-refractivity contribution in [2.24, 2.45) is 46.2 Å². The third kappa shape index (κ3) is 7.96. The molecule has 0 aromatic rings. The Morgan fingerprint density at radius 2 is 1.69 bits per heavy atom. The molecule has 242 valence electrons. The van der Waals surface area contributed by atoms with Gasteiger partial charge in [-0.25, -0.2) is 4.18 Å². The molecule has 0 spiro atoms. The Hall–Kier alpha value is -1.04. The van der Waals surface area contributed by atoms with Crippen molar-refractivity contribution in [3.05, 3.63) is 11.6 Å². The second kappa shape index (κ2) is 14.8. The molecule has 8 atom stereocenters. The van der Waals surface area contributed by atoms with Gasteiger partial charge in [-0.1, -0.05) is 32.4 Å². The van der Waals surface area contributed by atoms with E-state index < -0.39 is 16.5 Å². The van der Waals surface area contributed by atoms with E-state index in [1.165, 1.54) is 12.0 Å². The van der Waals surface area contributed by atoms with E-state index in [1.54, 1.807) is 0 Å². The minimum absolute atomic E-state index is 0.0228. The zero-order valence-electron chi connectivity index (χ0n) is 26.3. The second-order valence-corrected chi connectivity index (χ2v) is 15.2. The lowest BCUT2D eigenvalue weighted by molar-refractivity contribution is -0.129. The normalized spacial score (nSPS) is 35.1. The van der Waals surface area contributed by atoms with Gasteiger partial charge in [0, 0.05) is 12.5 Å². The molecule has 0 saturated heterocycles. The van der Waals surface area contributed by atoms with Crippen LogP contribution in [0.2, 0.25) is 0 Å². The number of allylic oxidation sites excluding steroid dienone is 1. The topological polar surface area (TPSA) is 143 Å². The number of nitrogens with one attached hydrogen (secondary N) is 3. The molecule has 0 radical (unpaired) electrons. The van der Waals surface area contributed by atoms with Gasteiger partial charge >= 0.3 is 10.4 Å². The summed E-state index contributed by atoms with van der Waals surface area (Å²) >= 11 is 0. The number of amides is 1. The average molecular weight is 611 g/mol. The number of rotatable bonds is 16. The molecule has 1 unspecified atom stereocenters. The number of fused-ring (bicyclic) bond motifs is 5. The van der Waals surface area contributed by atoms with Crippen molar-refractivity contribution >= 4 is 16.3 Å². The zero-order valence-corrected chi connectivity index (χ0v) is 27.2. The lowest BCUT2D eigenvalue weighted by atomic mass is 9.47. The molecule has 0 heterocycles. The van der Waals surface area contributed by atoms with E-state index in [1.807, 2.05) is 0 Å². The summed E-state index contributed by atoms with van der Waals surface area (Å²) in [6.07, 6.45) is 14.0. The maximum absolute atomic E-state index is 13.3. The first-order chi connectivity index (χ1) is 20.0. The van der Waals surface area contributed by atoms with Gasteiger partial charge in [0.25, 0.3) is 0 Å². The van der Waals surface area contributed by atoms with Gasteiger partial charge in [-0.05, 0) is 144 Å². The lowest BCUT2D eigenvalue weighted by Crippen LogP contribution is -2.51. The van der Waals surface area contributed by atoms with Crippen molar-refractivity contribution in [3.63, 3.8) is 0 Å². The molecule has 10 heteroatoms. The van der Waals surface area contributed by atoms with Gasteiger partial charge in [-0.15, -0.1) is 0 Å². The lowest BCUT2D eigenvalue weighted by Gasteiger charge is -2.58. The smallest absolute Gasteiger partial charge is 0.356 e. The van der Waals surface area contributed by atoms with Crippen LogP contribution in [0.15, 0.2) is 11.6 Å². The highest BCUT2D eigenvalue weighted by Gasteiger charge is 2.59. The summed E-state index contributed by atoms with van der Waals surface area (Å²) in [5, 5.41) is 10.2. The van der Waals surface area contributed by atoms with E-state index in [0.29, 0.717) is 36.5 Å². The molecular formula is C32H58N4O5S. The fraction of sp³-hybridized carbons (Fsp3) is 0.906. The SMILES string of the molecule is CC(C(=O)NCCCNCCCCNCCCN)[C@H]1CC[C@H]2[C@@H]3CC=C4C[C@@H](OS(=O)(=O)O)CC[C@]4(C)[C@H]3CC[C@]12C. The fourth-order valence-corrected chi connectivity index (χ4v) is 10.00. The summed E-state index contributed by atoms with van der Waals surface area (Å²) in [7, 11) is -4.43. The molecular weight excluding hydrogens is 552 g/mol. The minimum atomic E-state index is -4.43. The Balaban J connectivity index is 1.22. The van der Waals surface area contributed by atoms with Crippen molar-refractivity contribution in [2.75, 3.05) is 39.3 Å². The van der Waals surface area contributed by atoms with Gasteiger partial charge in [0.1, 0.15) is 0 Å². The van der Waals surface area contributed by atoms with Crippen LogP contribution in [0.1, 0.15) is 97.8 Å². The van der Waals surface area contributed by atoms with Crippen LogP contribution in [0, 0.1) is 40.4 Å². The van der Waals surface area contributed by atoms with Crippen LogP contribution in [-0.2, 0) is 19.4 Å². The Morgan fingerprint density at radius 1 is 1.00 bits per heavy atom. The van der Waals surface area contributed by atoms with Crippen LogP contribution < -0.4 is 21.7 Å². The Morgan fingerprint density at radius 3 is 2.38 bits per heavy atom. The number of nitrogens with two attached hydrogens (primary N) is 1. The summed E-state index contributed by atoms with van der Waals surface area (Å²) in [5.74, 6) is 2.47. The molecule has 0 aromatic carbocycles. The molecule has 4 rings (SSSR count). The Labute approximate surface area is 254 Å². The molecule has 1 amide bonds. The molecule has 6 N–H and O–H groups in total. The molecule has 9 nitrogen and oxygen atoms in total. The van der Waals surface area contributed by atoms with Crippen molar-refractivity contribution in [3.8, 4) is 0 Å². The molecule has 0 aromatic heterocycles. The van der Waals surface area contributed by atoms with Crippen LogP contribution in [-0.4, -0.2) is 64.3 Å². The van der Waals surface area contributed by atoms with Crippen LogP contribution in [0.4, 0.5) is 0 Å². The van der Waals surface area contributed by atoms with E-state index in [-0.39, 0.29) is 22.7 Å². The monoisotopic (exact) mass is 610 g/mol. The Bertz CT molecular complexity index is 1040. The van der Waals surface area contributed by atoms with E-state index >= 15 is 0 Å². The van der Waals surface area contributed by atoms with Crippen molar-refractivity contribution in [1.82, 2.24) is 16.0 Å². The van der Waals surface area contributed by atoms with E-state index in [2.05, 4.69) is 42.8 Å². The van der Waals surface area contributed by atoms with Gasteiger partial charge in [-0.2, -0.15) is 8.42 Å². The summed E-state index contributed by atoms with van der Waals surface area (Å²) in [4.78, 5) is 13.3. The van der Waals surface area contributed by atoms with Gasteiger partial charge in [-0.3, -0.25) is 9.35 Å². The number of carbonyl (C=O) groups excluding carboxylic acids is 1. The quantitative estimate of drug-likeness (QED) is 0.0994. The molecule has 3 fully saturated rings. The first-order valence-electron chi connectivity index (χ1n) is 16.7. The standard InChI is InChI=1S/C32H58N4O5S/c1-23(30(37)36-21-7-20-35-18-5-4-17-34-19-6-16-33)27-10-11-28-26-9-8-24-22-25(41-42(38,39)40)12-14-31(24,2)29(26)13-15-32(27,28)3/h8,23,25-29,34-35H,4-7,9-22,33H2,1-3H3,(H,36,37)(H,38,39,40)/t23?,25-,26-,27+,28-,29-,31-,32+/m0/s1. The summed E-state index contributed by atoms with van der Waals surface area (Å²) in [6.45, 7) is 12.5. The number of hydrogen-bond acceptors (Lipinski definition) is 7. The first kappa shape index (κ1) is 33.8. The number of hydrogen-bond donors (Lipinski definition) is 5. The van der Waals surface area contributed by atoms with E-state index in [9.17, 15) is 17.8 Å². The fourth-order valence-electron chi connectivity index (χ4n) is 9.49. The van der Waals surface area contributed by atoms with Crippen LogP contribution in [0.5, 0.6) is 0 Å². The van der Waals surface area contributed by atoms with Crippen LogP contribution in [0.3, 0.4) is 0 Å². The van der Waals surface area contributed by atoms with E-state index in [0.717, 1.165) is 97.1 Å². The average Bonchev–Trinajstić information content (AvgIpc) is 3.29. The summed E-state index contributed by atoms with van der Waals surface area (Å²) in [5.41, 5.74) is 7.08. The van der Waals surface area contributed by atoms with Crippen molar-refractivity contribution in [1.29, 1.82) is 0 Å². The predicted molar refractivity (Wildman–Crippen MR) is 167 cm³/mol. The molecule has 4 aliphatic carbocycles. The van der Waals surface area contributed by atoms with Crippen LogP contribution >= 0.6 is 0 Å². The summed E-state index contributed by atoms with van der Waals surface area (Å²) < 4.78 is 36.8. The second-order valence-electron chi connectivity index (χ2n) is 14.2. The first-order valence-corrected chi connectivity index (χ1v) is 18.1. The third-order valence-electron chi connectivity index (χ3n) is 11.8. The molecule has 3 saturated carbocycles. The summed E-state index contributed by atoms with van der Waals surface area (Å²) in [6, 6.07) is 0. The number of carbonyl (C=O) groups is 1. The van der Waals surface area contributed by atoms with Crippen molar-refractivity contribution in [2.45, 2.75) is 104 Å². The maximum Gasteiger partial charge on any atom is 0.397 e.